The third-order valence-corrected chi connectivity index (χ3v) is 4.33. The molecule has 0 heterocycles. The van der Waals surface area contributed by atoms with E-state index in [1.165, 1.54) is 0 Å². The summed E-state index contributed by atoms with van der Waals surface area (Å²) in [6.45, 7) is 2.10. The van der Waals surface area contributed by atoms with E-state index in [9.17, 15) is 15.0 Å². The number of phenols is 2. The first-order chi connectivity index (χ1) is 10.9. The first-order valence-electron chi connectivity index (χ1n) is 7.72. The van der Waals surface area contributed by atoms with Gasteiger partial charge < -0.3 is 15.3 Å². The van der Waals surface area contributed by atoms with Gasteiger partial charge in [0.25, 0.3) is 0 Å². The van der Waals surface area contributed by atoms with Crippen molar-refractivity contribution < 1.29 is 20.1 Å². The van der Waals surface area contributed by atoms with Crippen LogP contribution in [0.3, 0.4) is 0 Å². The van der Waals surface area contributed by atoms with E-state index in [1.807, 2.05) is 24.3 Å². The summed E-state index contributed by atoms with van der Waals surface area (Å²) >= 11 is 0. The number of benzene rings is 2. The number of rotatable bonds is 7. The number of carboxylic acids is 1. The smallest absolute Gasteiger partial charge is 0.303 e. The summed E-state index contributed by atoms with van der Waals surface area (Å²) in [5, 5.41) is 27.8. The molecule has 2 rings (SSSR count). The van der Waals surface area contributed by atoms with Crippen molar-refractivity contribution in [2.24, 2.45) is 0 Å². The summed E-state index contributed by atoms with van der Waals surface area (Å²) in [7, 11) is 0. The molecule has 0 saturated heterocycles. The lowest BCUT2D eigenvalue weighted by Gasteiger charge is -2.31. The van der Waals surface area contributed by atoms with Crippen molar-refractivity contribution in [3.05, 3.63) is 59.7 Å². The first kappa shape index (κ1) is 16.9. The summed E-state index contributed by atoms with van der Waals surface area (Å²) in [6, 6.07) is 14.2. The van der Waals surface area contributed by atoms with E-state index in [1.54, 1.807) is 24.3 Å². The van der Waals surface area contributed by atoms with Crippen LogP contribution in [0.15, 0.2) is 48.5 Å². The van der Waals surface area contributed by atoms with Crippen LogP contribution >= 0.6 is 0 Å². The van der Waals surface area contributed by atoms with Gasteiger partial charge >= 0.3 is 5.97 Å². The van der Waals surface area contributed by atoms with Gasteiger partial charge in [0.1, 0.15) is 11.5 Å². The molecule has 0 atom stereocenters. The summed E-state index contributed by atoms with van der Waals surface area (Å²) in [4.78, 5) is 10.7. The van der Waals surface area contributed by atoms with Crippen LogP contribution in [0.2, 0.25) is 0 Å². The van der Waals surface area contributed by atoms with E-state index in [4.69, 9.17) is 5.11 Å². The molecule has 4 nitrogen and oxygen atoms in total. The van der Waals surface area contributed by atoms with Gasteiger partial charge in [-0.15, -0.1) is 0 Å². The molecule has 0 aromatic heterocycles. The Hall–Kier alpha value is -2.49. The fourth-order valence-electron chi connectivity index (χ4n) is 2.87. The minimum atomic E-state index is -0.777. The number of hydrogen-bond acceptors (Lipinski definition) is 3. The maximum Gasteiger partial charge on any atom is 0.303 e. The molecule has 0 saturated carbocycles. The molecular weight excluding hydrogens is 292 g/mol. The van der Waals surface area contributed by atoms with Gasteiger partial charge in [0, 0.05) is 11.8 Å². The van der Waals surface area contributed by atoms with Gasteiger partial charge in [-0.1, -0.05) is 37.6 Å². The molecule has 0 aliphatic carbocycles. The standard InChI is InChI=1S/C19H22O4/c1-19(13-3-2-4-18(22)23,14-5-9-16(20)10-6-14)15-7-11-17(21)12-8-15/h5-12,20-21H,2-4,13H2,1H3,(H,22,23). The molecule has 122 valence electrons. The van der Waals surface area contributed by atoms with Crippen LogP contribution < -0.4 is 0 Å². The molecule has 0 bridgehead atoms. The molecule has 0 spiro atoms. The Morgan fingerprint density at radius 2 is 1.30 bits per heavy atom. The van der Waals surface area contributed by atoms with Crippen molar-refractivity contribution in [3.63, 3.8) is 0 Å². The van der Waals surface area contributed by atoms with Crippen LogP contribution in [-0.2, 0) is 10.2 Å². The van der Waals surface area contributed by atoms with Gasteiger partial charge in [-0.3, -0.25) is 4.79 Å². The van der Waals surface area contributed by atoms with Gasteiger partial charge in [0.15, 0.2) is 0 Å². The lowest BCUT2D eigenvalue weighted by Crippen LogP contribution is -2.23. The van der Waals surface area contributed by atoms with E-state index < -0.39 is 5.97 Å². The Morgan fingerprint density at radius 1 is 0.870 bits per heavy atom. The van der Waals surface area contributed by atoms with E-state index in [0.717, 1.165) is 24.0 Å². The Morgan fingerprint density at radius 3 is 1.70 bits per heavy atom. The highest BCUT2D eigenvalue weighted by molar-refractivity contribution is 5.66. The van der Waals surface area contributed by atoms with Gasteiger partial charge in [-0.25, -0.2) is 0 Å². The van der Waals surface area contributed by atoms with Crippen LogP contribution in [0.5, 0.6) is 11.5 Å². The van der Waals surface area contributed by atoms with Crippen LogP contribution in [0.25, 0.3) is 0 Å². The molecule has 0 aliphatic rings. The van der Waals surface area contributed by atoms with E-state index >= 15 is 0 Å². The number of aliphatic carboxylic acids is 1. The van der Waals surface area contributed by atoms with Crippen LogP contribution in [-0.4, -0.2) is 21.3 Å². The van der Waals surface area contributed by atoms with Gasteiger partial charge in [-0.05, 0) is 48.2 Å². The molecule has 2 aromatic carbocycles. The van der Waals surface area contributed by atoms with E-state index in [-0.39, 0.29) is 23.3 Å². The van der Waals surface area contributed by atoms with Gasteiger partial charge in [-0.2, -0.15) is 0 Å². The molecule has 0 aliphatic heterocycles. The van der Waals surface area contributed by atoms with E-state index in [0.29, 0.717) is 6.42 Å². The average Bonchev–Trinajstić information content (AvgIpc) is 2.52. The van der Waals surface area contributed by atoms with Crippen molar-refractivity contribution in [2.45, 2.75) is 38.0 Å². The molecule has 0 fully saturated rings. The molecule has 0 radical (unpaired) electrons. The topological polar surface area (TPSA) is 77.8 Å². The lowest BCUT2D eigenvalue weighted by molar-refractivity contribution is -0.137. The molecule has 4 heteroatoms. The van der Waals surface area contributed by atoms with Crippen molar-refractivity contribution in [3.8, 4) is 11.5 Å². The zero-order chi connectivity index (χ0) is 16.9. The molecule has 23 heavy (non-hydrogen) atoms. The van der Waals surface area contributed by atoms with Crippen molar-refractivity contribution >= 4 is 5.97 Å². The van der Waals surface area contributed by atoms with Crippen molar-refractivity contribution in [2.75, 3.05) is 0 Å². The number of carboxylic acid groups (broad SMARTS) is 1. The number of unbranched alkanes of at least 4 members (excludes halogenated alkanes) is 1. The average molecular weight is 314 g/mol. The monoisotopic (exact) mass is 314 g/mol. The number of aromatic hydroxyl groups is 2. The minimum Gasteiger partial charge on any atom is -0.508 e. The lowest BCUT2D eigenvalue weighted by atomic mass is 9.72. The predicted octanol–water partition coefficient (Wildman–Crippen LogP) is 4.05. The molecule has 0 amide bonds. The van der Waals surface area contributed by atoms with Crippen LogP contribution in [0, 0.1) is 0 Å². The maximum absolute atomic E-state index is 10.7. The number of hydrogen-bond donors (Lipinski definition) is 3. The third-order valence-electron chi connectivity index (χ3n) is 4.33. The predicted molar refractivity (Wildman–Crippen MR) is 88.8 cm³/mol. The Balaban J connectivity index is 2.27. The summed E-state index contributed by atoms with van der Waals surface area (Å²) in [5.74, 6) is -0.346. The second-order valence-corrected chi connectivity index (χ2v) is 6.03. The van der Waals surface area contributed by atoms with Crippen molar-refractivity contribution in [1.29, 1.82) is 0 Å². The van der Waals surface area contributed by atoms with Crippen LogP contribution in [0.4, 0.5) is 0 Å². The highest BCUT2D eigenvalue weighted by Crippen LogP contribution is 2.38. The molecule has 0 unspecified atom stereocenters. The number of carbonyl (C=O) groups is 1. The third kappa shape index (κ3) is 4.25. The van der Waals surface area contributed by atoms with E-state index in [2.05, 4.69) is 6.92 Å². The fraction of sp³-hybridized carbons (Fsp3) is 0.316. The van der Waals surface area contributed by atoms with Crippen LogP contribution in [0.1, 0.15) is 43.7 Å². The normalized spacial score (nSPS) is 11.3. The zero-order valence-electron chi connectivity index (χ0n) is 13.2. The van der Waals surface area contributed by atoms with Gasteiger partial charge in [0.2, 0.25) is 0 Å². The minimum absolute atomic E-state index is 0.168. The van der Waals surface area contributed by atoms with Gasteiger partial charge in [0.05, 0.1) is 0 Å². The molecular formula is C19H22O4. The first-order valence-corrected chi connectivity index (χ1v) is 7.72. The van der Waals surface area contributed by atoms with Crippen molar-refractivity contribution in [1.82, 2.24) is 0 Å². The summed E-state index contributed by atoms with van der Waals surface area (Å²) < 4.78 is 0. The molecule has 2 aromatic rings. The highest BCUT2D eigenvalue weighted by Gasteiger charge is 2.28. The Kier molecular flexibility index (Phi) is 5.27. The largest absolute Gasteiger partial charge is 0.508 e. The summed E-state index contributed by atoms with van der Waals surface area (Å²) in [5.41, 5.74) is 1.80. The second-order valence-electron chi connectivity index (χ2n) is 6.03. The maximum atomic E-state index is 10.7. The Labute approximate surface area is 136 Å². The highest BCUT2D eigenvalue weighted by atomic mass is 16.4. The summed E-state index contributed by atoms with van der Waals surface area (Å²) in [6.07, 6.45) is 2.36. The zero-order valence-corrected chi connectivity index (χ0v) is 13.2. The second kappa shape index (κ2) is 7.18. The Bertz CT molecular complexity index is 599. The quantitative estimate of drug-likeness (QED) is 0.674. The molecule has 3 N–H and O–H groups in total. The fourth-order valence-corrected chi connectivity index (χ4v) is 2.87. The SMILES string of the molecule is CC(CCCCC(=O)O)(c1ccc(O)cc1)c1ccc(O)cc1. The number of phenolic OH excluding ortho intramolecular Hbond substituents is 2.